The summed E-state index contributed by atoms with van der Waals surface area (Å²) in [6.07, 6.45) is 2.72. The second kappa shape index (κ2) is 14.3. The van der Waals surface area contributed by atoms with Crippen molar-refractivity contribution in [2.45, 2.75) is 97.2 Å². The highest BCUT2D eigenvalue weighted by atomic mass is 16.6. The number of likely N-dealkylation sites (tertiary alicyclic amines) is 1. The van der Waals surface area contributed by atoms with E-state index in [4.69, 9.17) is 14.2 Å². The van der Waals surface area contributed by atoms with Gasteiger partial charge in [-0.25, -0.2) is 9.59 Å². The Labute approximate surface area is 243 Å². The molecule has 1 aliphatic heterocycles. The molecule has 2 heterocycles. The first-order chi connectivity index (χ1) is 19.3. The molecule has 2 atom stereocenters. The Morgan fingerprint density at radius 3 is 2.27 bits per heavy atom. The Morgan fingerprint density at radius 2 is 1.61 bits per heavy atom. The van der Waals surface area contributed by atoms with Crippen LogP contribution in [0.15, 0.2) is 48.7 Å². The molecule has 1 aromatic heterocycles. The molecule has 0 bridgehead atoms. The minimum atomic E-state index is -0.627. The van der Waals surface area contributed by atoms with Crippen molar-refractivity contribution in [2.24, 2.45) is 0 Å². The van der Waals surface area contributed by atoms with Crippen molar-refractivity contribution in [1.82, 2.24) is 20.5 Å². The number of aromatic nitrogens is 1. The van der Waals surface area contributed by atoms with E-state index >= 15 is 0 Å². The molecule has 0 unspecified atom stereocenters. The minimum Gasteiger partial charge on any atom is -0.460 e. The fourth-order valence-corrected chi connectivity index (χ4v) is 4.60. The first-order valence-electron chi connectivity index (χ1n) is 14.1. The van der Waals surface area contributed by atoms with Crippen LogP contribution < -0.4 is 10.6 Å². The van der Waals surface area contributed by atoms with E-state index in [9.17, 15) is 14.4 Å². The number of hydrogen-bond acceptors (Lipinski definition) is 8. The van der Waals surface area contributed by atoms with Crippen LogP contribution in [0.5, 0.6) is 0 Å². The van der Waals surface area contributed by atoms with Crippen LogP contribution >= 0.6 is 0 Å². The maximum absolute atomic E-state index is 13.2. The summed E-state index contributed by atoms with van der Waals surface area (Å²) < 4.78 is 16.6. The molecule has 2 N–H and O–H groups in total. The summed E-state index contributed by atoms with van der Waals surface area (Å²) in [7, 11) is 0. The van der Waals surface area contributed by atoms with Gasteiger partial charge < -0.3 is 24.8 Å². The molecule has 2 aromatic rings. The van der Waals surface area contributed by atoms with Crippen molar-refractivity contribution >= 4 is 18.2 Å². The molecule has 1 aromatic carbocycles. The third-order valence-electron chi connectivity index (χ3n) is 6.30. The molecule has 10 heteroatoms. The quantitative estimate of drug-likeness (QED) is 0.311. The number of ether oxygens (including phenoxy) is 3. The zero-order chi connectivity index (χ0) is 30.0. The molecule has 1 fully saturated rings. The van der Waals surface area contributed by atoms with Gasteiger partial charge in [0.1, 0.15) is 23.9 Å². The lowest BCUT2D eigenvalue weighted by molar-refractivity contribution is -0.150. The Hall–Kier alpha value is -3.66. The van der Waals surface area contributed by atoms with Crippen LogP contribution in [0.4, 0.5) is 9.59 Å². The maximum Gasteiger partial charge on any atom is 0.407 e. The van der Waals surface area contributed by atoms with Crippen molar-refractivity contribution < 1.29 is 28.6 Å². The molecule has 0 spiro atoms. The molecule has 41 heavy (non-hydrogen) atoms. The molecule has 0 saturated carbocycles. The number of rotatable bonds is 10. The first-order valence-corrected chi connectivity index (χ1v) is 14.1. The van der Waals surface area contributed by atoms with Crippen LogP contribution in [0.1, 0.15) is 71.2 Å². The maximum atomic E-state index is 13.2. The third kappa shape index (κ3) is 11.4. The van der Waals surface area contributed by atoms with Crippen molar-refractivity contribution in [3.05, 3.63) is 65.5 Å². The standard InChI is InChI=1S/C31H44N4O6/c1-30(2,3)40-28(37)33-19-22-12-7-8-13-23(22)21-39-27(36)26-15-11-17-35(26)20-25(18-24-14-9-10-16-32-24)34-29(38)41-31(4,5)6/h7-10,12-14,16,25-26H,11,15,17-21H2,1-6H3,(H,33,37)(H,34,38)/t25-,26+/m1/s1. The summed E-state index contributed by atoms with van der Waals surface area (Å²) in [5.74, 6) is -0.314. The SMILES string of the molecule is CC(C)(C)OC(=O)NCc1ccccc1COC(=O)[C@@H]1CCCN1C[C@@H](Cc1ccccn1)NC(=O)OC(C)(C)C. The van der Waals surface area contributed by atoms with Gasteiger partial charge >= 0.3 is 18.2 Å². The number of nitrogens with one attached hydrogen (secondary N) is 2. The van der Waals surface area contributed by atoms with Gasteiger partial charge in [0.25, 0.3) is 0 Å². The van der Waals surface area contributed by atoms with Crippen molar-refractivity contribution in [3.63, 3.8) is 0 Å². The van der Waals surface area contributed by atoms with Gasteiger partial charge in [-0.05, 0) is 84.2 Å². The number of carbonyl (C=O) groups is 3. The molecular formula is C31H44N4O6. The summed E-state index contributed by atoms with van der Waals surface area (Å²) in [4.78, 5) is 44.4. The highest BCUT2D eigenvalue weighted by Crippen LogP contribution is 2.21. The fraction of sp³-hybridized carbons (Fsp3) is 0.548. The summed E-state index contributed by atoms with van der Waals surface area (Å²) in [5, 5.41) is 5.73. The van der Waals surface area contributed by atoms with E-state index in [0.29, 0.717) is 25.9 Å². The second-order valence-electron chi connectivity index (χ2n) is 12.3. The normalized spacial score (nSPS) is 16.5. The molecular weight excluding hydrogens is 524 g/mol. The van der Waals surface area contributed by atoms with E-state index < -0.39 is 29.4 Å². The van der Waals surface area contributed by atoms with Gasteiger partial charge in [-0.3, -0.25) is 14.7 Å². The largest absolute Gasteiger partial charge is 0.460 e. The number of esters is 1. The van der Waals surface area contributed by atoms with Gasteiger partial charge in [-0.15, -0.1) is 0 Å². The molecule has 3 rings (SSSR count). The number of carbonyl (C=O) groups excluding carboxylic acids is 3. The predicted molar refractivity (Wildman–Crippen MR) is 155 cm³/mol. The molecule has 1 aliphatic rings. The number of hydrogen-bond donors (Lipinski definition) is 2. The average Bonchev–Trinajstić information content (AvgIpc) is 3.33. The van der Waals surface area contributed by atoms with Crippen LogP contribution in [-0.2, 0) is 38.6 Å². The highest BCUT2D eigenvalue weighted by Gasteiger charge is 2.34. The highest BCUT2D eigenvalue weighted by molar-refractivity contribution is 5.76. The van der Waals surface area contributed by atoms with Gasteiger partial charge in [0.15, 0.2) is 0 Å². The Morgan fingerprint density at radius 1 is 0.951 bits per heavy atom. The number of alkyl carbamates (subject to hydrolysis) is 2. The van der Waals surface area contributed by atoms with Gasteiger partial charge in [0, 0.05) is 31.4 Å². The number of benzene rings is 1. The lowest BCUT2D eigenvalue weighted by Crippen LogP contribution is -2.49. The topological polar surface area (TPSA) is 119 Å². The predicted octanol–water partition coefficient (Wildman–Crippen LogP) is 4.75. The number of pyridine rings is 1. The molecule has 2 amide bonds. The van der Waals surface area contributed by atoms with Crippen LogP contribution in [0.25, 0.3) is 0 Å². The van der Waals surface area contributed by atoms with Crippen LogP contribution in [0.2, 0.25) is 0 Å². The monoisotopic (exact) mass is 568 g/mol. The van der Waals surface area contributed by atoms with Crippen LogP contribution in [0, 0.1) is 0 Å². The zero-order valence-electron chi connectivity index (χ0n) is 25.1. The molecule has 0 aliphatic carbocycles. The smallest absolute Gasteiger partial charge is 0.407 e. The second-order valence-corrected chi connectivity index (χ2v) is 12.3. The van der Waals surface area contributed by atoms with Gasteiger partial charge in [-0.1, -0.05) is 30.3 Å². The van der Waals surface area contributed by atoms with Crippen molar-refractivity contribution in [2.75, 3.05) is 13.1 Å². The van der Waals surface area contributed by atoms with E-state index in [1.54, 1.807) is 27.0 Å². The Kier molecular flexibility index (Phi) is 11.1. The van der Waals surface area contributed by atoms with E-state index in [0.717, 1.165) is 23.2 Å². The lowest BCUT2D eigenvalue weighted by atomic mass is 10.1. The summed E-state index contributed by atoms with van der Waals surface area (Å²) in [5.41, 5.74) is 1.26. The average molecular weight is 569 g/mol. The van der Waals surface area contributed by atoms with Gasteiger partial charge in [-0.2, -0.15) is 0 Å². The first kappa shape index (κ1) is 31.9. The van der Waals surface area contributed by atoms with Crippen LogP contribution in [0.3, 0.4) is 0 Å². The van der Waals surface area contributed by atoms with Gasteiger partial charge in [0.05, 0.1) is 6.04 Å². The Bertz CT molecular complexity index is 1160. The number of nitrogens with zero attached hydrogens (tertiary/aromatic N) is 2. The van der Waals surface area contributed by atoms with E-state index in [-0.39, 0.29) is 25.2 Å². The molecule has 0 radical (unpaired) electrons. The molecule has 224 valence electrons. The molecule has 1 saturated heterocycles. The minimum absolute atomic E-state index is 0.0862. The fourth-order valence-electron chi connectivity index (χ4n) is 4.60. The van der Waals surface area contributed by atoms with Crippen molar-refractivity contribution in [1.29, 1.82) is 0 Å². The third-order valence-corrected chi connectivity index (χ3v) is 6.30. The number of amides is 2. The van der Waals surface area contributed by atoms with Crippen LogP contribution in [-0.4, -0.2) is 64.4 Å². The van der Waals surface area contributed by atoms with E-state index in [2.05, 4.69) is 20.5 Å². The van der Waals surface area contributed by atoms with E-state index in [1.165, 1.54) is 0 Å². The van der Waals surface area contributed by atoms with Crippen molar-refractivity contribution in [3.8, 4) is 0 Å². The lowest BCUT2D eigenvalue weighted by Gasteiger charge is -2.29. The summed E-state index contributed by atoms with van der Waals surface area (Å²) >= 11 is 0. The summed E-state index contributed by atoms with van der Waals surface area (Å²) in [6, 6.07) is 12.4. The zero-order valence-corrected chi connectivity index (χ0v) is 25.1. The Balaban J connectivity index is 1.61. The summed E-state index contributed by atoms with van der Waals surface area (Å²) in [6.45, 7) is 12.4. The van der Waals surface area contributed by atoms with Gasteiger partial charge in [0.2, 0.25) is 0 Å². The molecule has 10 nitrogen and oxygen atoms in total. The van der Waals surface area contributed by atoms with E-state index in [1.807, 2.05) is 63.2 Å².